The Bertz CT molecular complexity index is 501. The average molecular weight is 310 g/mol. The standard InChI is InChI=1S/C17H24F2N2O/c1-2-16(14-11-13(18)4-5-15(14)19)21-17(22)6-3-12-7-9-20-10-8-12/h4-5,11-12,16,20H,2-3,6-10H2,1H3,(H,21,22). The van der Waals surface area contributed by atoms with Gasteiger partial charge in [0.1, 0.15) is 11.6 Å². The molecule has 1 aliphatic heterocycles. The molecule has 0 saturated carbocycles. The fourth-order valence-electron chi connectivity index (χ4n) is 2.95. The summed E-state index contributed by atoms with van der Waals surface area (Å²) >= 11 is 0. The van der Waals surface area contributed by atoms with E-state index < -0.39 is 17.7 Å². The number of hydrogen-bond donors (Lipinski definition) is 2. The second kappa shape index (κ2) is 8.22. The molecule has 0 spiro atoms. The average Bonchev–Trinajstić information content (AvgIpc) is 2.54. The monoisotopic (exact) mass is 310 g/mol. The third-order valence-corrected chi connectivity index (χ3v) is 4.32. The number of carbonyl (C=O) groups excluding carboxylic acids is 1. The molecule has 0 radical (unpaired) electrons. The lowest BCUT2D eigenvalue weighted by Crippen LogP contribution is -2.31. The fraction of sp³-hybridized carbons (Fsp3) is 0.588. The first kappa shape index (κ1) is 16.9. The maximum atomic E-state index is 13.8. The van der Waals surface area contributed by atoms with Gasteiger partial charge in [0.25, 0.3) is 0 Å². The van der Waals surface area contributed by atoms with E-state index in [-0.39, 0.29) is 11.5 Å². The van der Waals surface area contributed by atoms with Crippen LogP contribution >= 0.6 is 0 Å². The van der Waals surface area contributed by atoms with Gasteiger partial charge in [-0.2, -0.15) is 0 Å². The molecule has 1 aliphatic rings. The van der Waals surface area contributed by atoms with Crippen LogP contribution in [0.3, 0.4) is 0 Å². The van der Waals surface area contributed by atoms with Crippen LogP contribution in [0.15, 0.2) is 18.2 Å². The fourth-order valence-corrected chi connectivity index (χ4v) is 2.95. The van der Waals surface area contributed by atoms with Gasteiger partial charge in [-0.05, 0) is 62.9 Å². The van der Waals surface area contributed by atoms with Gasteiger partial charge in [0, 0.05) is 12.0 Å². The van der Waals surface area contributed by atoms with Gasteiger partial charge in [0.05, 0.1) is 6.04 Å². The van der Waals surface area contributed by atoms with Gasteiger partial charge in [0.2, 0.25) is 5.91 Å². The Morgan fingerprint density at radius 2 is 2.09 bits per heavy atom. The normalized spacial score (nSPS) is 17.2. The summed E-state index contributed by atoms with van der Waals surface area (Å²) in [4.78, 5) is 12.1. The smallest absolute Gasteiger partial charge is 0.220 e. The predicted molar refractivity (Wildman–Crippen MR) is 82.4 cm³/mol. The van der Waals surface area contributed by atoms with Crippen molar-refractivity contribution in [3.8, 4) is 0 Å². The second-order valence-electron chi connectivity index (χ2n) is 5.93. The molecule has 1 saturated heterocycles. The minimum atomic E-state index is -0.487. The maximum absolute atomic E-state index is 13.8. The SMILES string of the molecule is CCC(NC(=O)CCC1CCNCC1)c1cc(F)ccc1F. The van der Waals surface area contributed by atoms with E-state index in [4.69, 9.17) is 0 Å². The predicted octanol–water partition coefficient (Wildman–Crippen LogP) is 3.31. The first-order chi connectivity index (χ1) is 10.6. The third kappa shape index (κ3) is 4.77. The molecular weight excluding hydrogens is 286 g/mol. The van der Waals surface area contributed by atoms with Crippen molar-refractivity contribution >= 4 is 5.91 Å². The highest BCUT2D eigenvalue weighted by atomic mass is 19.1. The number of piperidine rings is 1. The van der Waals surface area contributed by atoms with Gasteiger partial charge in [-0.15, -0.1) is 0 Å². The summed E-state index contributed by atoms with van der Waals surface area (Å²) < 4.78 is 27.1. The van der Waals surface area contributed by atoms with E-state index >= 15 is 0 Å². The van der Waals surface area contributed by atoms with Crippen molar-refractivity contribution in [3.63, 3.8) is 0 Å². The Morgan fingerprint density at radius 1 is 1.36 bits per heavy atom. The molecule has 0 bridgehead atoms. The molecule has 3 nitrogen and oxygen atoms in total. The number of amides is 1. The third-order valence-electron chi connectivity index (χ3n) is 4.32. The van der Waals surface area contributed by atoms with E-state index in [0.717, 1.165) is 50.6 Å². The lowest BCUT2D eigenvalue weighted by molar-refractivity contribution is -0.122. The van der Waals surface area contributed by atoms with Gasteiger partial charge < -0.3 is 10.6 Å². The van der Waals surface area contributed by atoms with Crippen LogP contribution in [0.4, 0.5) is 8.78 Å². The zero-order valence-electron chi connectivity index (χ0n) is 13.0. The molecule has 1 atom stereocenters. The quantitative estimate of drug-likeness (QED) is 0.846. The summed E-state index contributed by atoms with van der Waals surface area (Å²) in [5.41, 5.74) is 0.220. The Morgan fingerprint density at radius 3 is 2.77 bits per heavy atom. The summed E-state index contributed by atoms with van der Waals surface area (Å²) in [5.74, 6) is -0.474. The van der Waals surface area contributed by atoms with E-state index in [9.17, 15) is 13.6 Å². The van der Waals surface area contributed by atoms with Crippen LogP contribution < -0.4 is 10.6 Å². The molecule has 1 fully saturated rings. The maximum Gasteiger partial charge on any atom is 0.220 e. The van der Waals surface area contributed by atoms with Crippen LogP contribution in [0.25, 0.3) is 0 Å². The largest absolute Gasteiger partial charge is 0.349 e. The Kier molecular flexibility index (Phi) is 6.31. The zero-order chi connectivity index (χ0) is 15.9. The van der Waals surface area contributed by atoms with E-state index in [2.05, 4.69) is 10.6 Å². The summed E-state index contributed by atoms with van der Waals surface area (Å²) in [7, 11) is 0. The highest BCUT2D eigenvalue weighted by molar-refractivity contribution is 5.76. The molecule has 0 aliphatic carbocycles. The molecule has 2 rings (SSSR count). The molecule has 122 valence electrons. The first-order valence-electron chi connectivity index (χ1n) is 8.05. The van der Waals surface area contributed by atoms with E-state index in [1.807, 2.05) is 6.92 Å². The Labute approximate surface area is 130 Å². The van der Waals surface area contributed by atoms with Crippen LogP contribution in [0.5, 0.6) is 0 Å². The van der Waals surface area contributed by atoms with Crippen molar-refractivity contribution in [2.45, 2.75) is 45.1 Å². The molecular formula is C17H24F2N2O. The van der Waals surface area contributed by atoms with E-state index in [1.54, 1.807) is 0 Å². The minimum Gasteiger partial charge on any atom is -0.349 e. The van der Waals surface area contributed by atoms with Crippen LogP contribution in [0.1, 0.15) is 50.6 Å². The molecule has 2 N–H and O–H groups in total. The number of halogens is 2. The van der Waals surface area contributed by atoms with E-state index in [0.29, 0.717) is 18.8 Å². The number of nitrogens with one attached hydrogen (secondary N) is 2. The highest BCUT2D eigenvalue weighted by Gasteiger charge is 2.19. The number of carbonyl (C=O) groups is 1. The Balaban J connectivity index is 1.88. The topological polar surface area (TPSA) is 41.1 Å². The number of rotatable bonds is 6. The van der Waals surface area contributed by atoms with Gasteiger partial charge in [-0.1, -0.05) is 6.92 Å². The summed E-state index contributed by atoms with van der Waals surface area (Å²) in [6.07, 6.45) is 4.03. The van der Waals surface area contributed by atoms with Crippen molar-refractivity contribution in [1.82, 2.24) is 10.6 Å². The first-order valence-corrected chi connectivity index (χ1v) is 8.05. The van der Waals surface area contributed by atoms with Crippen molar-refractivity contribution in [2.24, 2.45) is 5.92 Å². The number of hydrogen-bond acceptors (Lipinski definition) is 2. The van der Waals surface area contributed by atoms with Gasteiger partial charge in [-0.3, -0.25) is 4.79 Å². The molecule has 0 aromatic heterocycles. The van der Waals surface area contributed by atoms with Crippen LogP contribution in [0, 0.1) is 17.6 Å². The molecule has 1 unspecified atom stereocenters. The second-order valence-corrected chi connectivity index (χ2v) is 5.93. The molecule has 1 aromatic rings. The van der Waals surface area contributed by atoms with Gasteiger partial charge in [-0.25, -0.2) is 8.78 Å². The molecule has 22 heavy (non-hydrogen) atoms. The Hall–Kier alpha value is -1.49. The van der Waals surface area contributed by atoms with Gasteiger partial charge in [0.15, 0.2) is 0 Å². The molecule has 1 amide bonds. The van der Waals surface area contributed by atoms with Crippen molar-refractivity contribution < 1.29 is 13.6 Å². The molecule has 1 heterocycles. The number of benzene rings is 1. The van der Waals surface area contributed by atoms with Crippen LogP contribution in [-0.4, -0.2) is 19.0 Å². The van der Waals surface area contributed by atoms with Crippen LogP contribution in [-0.2, 0) is 4.79 Å². The zero-order valence-corrected chi connectivity index (χ0v) is 13.0. The minimum absolute atomic E-state index is 0.0888. The lowest BCUT2D eigenvalue weighted by Gasteiger charge is -2.23. The van der Waals surface area contributed by atoms with Gasteiger partial charge >= 0.3 is 0 Å². The molecule has 5 heteroatoms. The lowest BCUT2D eigenvalue weighted by atomic mass is 9.93. The summed E-state index contributed by atoms with van der Waals surface area (Å²) in [5, 5.41) is 6.13. The van der Waals surface area contributed by atoms with E-state index in [1.165, 1.54) is 0 Å². The summed E-state index contributed by atoms with van der Waals surface area (Å²) in [6.45, 7) is 3.87. The summed E-state index contributed by atoms with van der Waals surface area (Å²) in [6, 6.07) is 2.88. The molecule has 1 aromatic carbocycles. The van der Waals surface area contributed by atoms with Crippen LogP contribution in [0.2, 0.25) is 0 Å². The highest BCUT2D eigenvalue weighted by Crippen LogP contribution is 2.22. The van der Waals surface area contributed by atoms with Crippen molar-refractivity contribution in [2.75, 3.05) is 13.1 Å². The van der Waals surface area contributed by atoms with Crippen molar-refractivity contribution in [1.29, 1.82) is 0 Å². The van der Waals surface area contributed by atoms with Crippen molar-refractivity contribution in [3.05, 3.63) is 35.4 Å².